The molecule has 3 rings (SSSR count). The van der Waals surface area contributed by atoms with Crippen molar-refractivity contribution in [3.8, 4) is 0 Å². The molecule has 0 spiro atoms. The van der Waals surface area contributed by atoms with E-state index in [0.717, 1.165) is 0 Å². The van der Waals surface area contributed by atoms with Gasteiger partial charge in [-0.1, -0.05) is 36.4 Å². The van der Waals surface area contributed by atoms with Crippen LogP contribution in [0.15, 0.2) is 61.2 Å². The average Bonchev–Trinajstić information content (AvgIpc) is 2.78. The van der Waals surface area contributed by atoms with Crippen LogP contribution in [0.2, 0.25) is 0 Å². The predicted molar refractivity (Wildman–Crippen MR) is 92.7 cm³/mol. The first-order valence-corrected chi connectivity index (χ1v) is 7.61. The molecule has 0 saturated carbocycles. The number of rotatable bonds is 5. The number of hydrogen-bond donors (Lipinski definition) is 2. The average molecular weight is 322 g/mol. The van der Waals surface area contributed by atoms with Crippen molar-refractivity contribution in [2.24, 2.45) is 0 Å². The summed E-state index contributed by atoms with van der Waals surface area (Å²) in [4.78, 5) is 26.8. The van der Waals surface area contributed by atoms with E-state index in [1.54, 1.807) is 54.6 Å². The fraction of sp³-hybridized carbons (Fsp3) is 0.158. The van der Waals surface area contributed by atoms with Crippen molar-refractivity contribution in [1.82, 2.24) is 0 Å². The molecule has 0 radical (unpaired) electrons. The smallest absolute Gasteiger partial charge is 0.264 e. The third kappa shape index (κ3) is 2.49. The van der Waals surface area contributed by atoms with Crippen LogP contribution in [0.1, 0.15) is 22.3 Å². The molecule has 0 aromatic heterocycles. The summed E-state index contributed by atoms with van der Waals surface area (Å²) in [6.07, 6.45) is 1.25. The minimum absolute atomic E-state index is 0.268. The molecule has 1 amide bonds. The Kier molecular flexibility index (Phi) is 3.95. The second kappa shape index (κ2) is 5.94. The number of para-hydroxylation sites is 1. The highest BCUT2D eigenvalue weighted by Crippen LogP contribution is 2.42. The van der Waals surface area contributed by atoms with Gasteiger partial charge in [-0.2, -0.15) is 0 Å². The molecule has 2 aromatic rings. The number of Topliss-reactive ketones (excluding diaryl/α,β-unsaturated/α-hetero) is 1. The van der Waals surface area contributed by atoms with E-state index in [1.807, 2.05) is 0 Å². The fourth-order valence-corrected chi connectivity index (χ4v) is 3.03. The number of nitrogens with two attached hydrogens (primary N) is 1. The number of carbonyl (C=O) groups is 2. The van der Waals surface area contributed by atoms with E-state index in [0.29, 0.717) is 22.5 Å². The number of carbonyl (C=O) groups excluding carboxylic acids is 2. The lowest BCUT2D eigenvalue weighted by molar-refractivity contribution is -0.135. The molecule has 1 heterocycles. The summed E-state index contributed by atoms with van der Waals surface area (Å²) < 4.78 is 0. The number of ketones is 1. The second-order valence-corrected chi connectivity index (χ2v) is 5.81. The molecular formula is C19H18N2O3. The van der Waals surface area contributed by atoms with Crippen LogP contribution < -0.4 is 10.6 Å². The molecule has 0 bridgehead atoms. The second-order valence-electron chi connectivity index (χ2n) is 5.81. The number of hydrogen-bond acceptors (Lipinski definition) is 4. The van der Waals surface area contributed by atoms with Gasteiger partial charge in [0.1, 0.15) is 0 Å². The van der Waals surface area contributed by atoms with Gasteiger partial charge >= 0.3 is 0 Å². The Balaban J connectivity index is 1.98. The molecule has 1 aliphatic heterocycles. The zero-order valence-electron chi connectivity index (χ0n) is 13.1. The molecule has 1 atom stereocenters. The van der Waals surface area contributed by atoms with E-state index < -0.39 is 11.5 Å². The summed E-state index contributed by atoms with van der Waals surface area (Å²) in [7, 11) is 0. The van der Waals surface area contributed by atoms with Crippen LogP contribution in [0.5, 0.6) is 0 Å². The Morgan fingerprint density at radius 2 is 2.00 bits per heavy atom. The number of amides is 1. The Morgan fingerprint density at radius 1 is 1.25 bits per heavy atom. The van der Waals surface area contributed by atoms with Gasteiger partial charge in [0.2, 0.25) is 0 Å². The number of anilines is 2. The van der Waals surface area contributed by atoms with Crippen LogP contribution in [-0.2, 0) is 10.4 Å². The normalized spacial score (nSPS) is 19.2. The van der Waals surface area contributed by atoms with E-state index in [-0.39, 0.29) is 18.7 Å². The molecule has 3 N–H and O–H groups in total. The molecular weight excluding hydrogens is 304 g/mol. The van der Waals surface area contributed by atoms with Gasteiger partial charge in [-0.05, 0) is 18.2 Å². The van der Waals surface area contributed by atoms with E-state index in [2.05, 4.69) is 6.58 Å². The monoisotopic (exact) mass is 322 g/mol. The van der Waals surface area contributed by atoms with E-state index in [9.17, 15) is 14.7 Å². The summed E-state index contributed by atoms with van der Waals surface area (Å²) in [5.74, 6) is -0.853. The fourth-order valence-electron chi connectivity index (χ4n) is 3.03. The Hall–Kier alpha value is -2.92. The van der Waals surface area contributed by atoms with Crippen LogP contribution in [0.4, 0.5) is 11.4 Å². The molecule has 122 valence electrons. The third-order valence-corrected chi connectivity index (χ3v) is 4.18. The van der Waals surface area contributed by atoms with Gasteiger partial charge in [-0.15, -0.1) is 6.58 Å². The van der Waals surface area contributed by atoms with Crippen molar-refractivity contribution in [2.45, 2.75) is 12.0 Å². The van der Waals surface area contributed by atoms with Crippen LogP contribution >= 0.6 is 0 Å². The summed E-state index contributed by atoms with van der Waals surface area (Å²) in [5, 5.41) is 11.0. The van der Waals surface area contributed by atoms with Crippen molar-refractivity contribution >= 4 is 23.1 Å². The van der Waals surface area contributed by atoms with Gasteiger partial charge in [-0.3, -0.25) is 9.59 Å². The van der Waals surface area contributed by atoms with Crippen LogP contribution in [0.25, 0.3) is 0 Å². The number of benzene rings is 2. The lowest BCUT2D eigenvalue weighted by atomic mass is 9.88. The summed E-state index contributed by atoms with van der Waals surface area (Å²) in [5.41, 5.74) is 5.70. The van der Waals surface area contributed by atoms with Crippen molar-refractivity contribution in [1.29, 1.82) is 0 Å². The number of aliphatic hydroxyl groups is 1. The lowest BCUT2D eigenvalue weighted by Gasteiger charge is -2.22. The van der Waals surface area contributed by atoms with Gasteiger partial charge in [-0.25, -0.2) is 0 Å². The number of fused-ring (bicyclic) bond motifs is 1. The lowest BCUT2D eigenvalue weighted by Crippen LogP contribution is -2.41. The molecule has 0 fully saturated rings. The predicted octanol–water partition coefficient (Wildman–Crippen LogP) is 2.26. The molecule has 5 heteroatoms. The summed E-state index contributed by atoms with van der Waals surface area (Å²) in [6.45, 7) is 3.91. The Labute approximate surface area is 140 Å². The van der Waals surface area contributed by atoms with Gasteiger partial charge in [0.05, 0.1) is 12.1 Å². The van der Waals surface area contributed by atoms with Crippen LogP contribution in [0, 0.1) is 0 Å². The molecule has 5 nitrogen and oxygen atoms in total. The highest BCUT2D eigenvalue weighted by molar-refractivity contribution is 6.11. The highest BCUT2D eigenvalue weighted by atomic mass is 16.3. The van der Waals surface area contributed by atoms with Crippen molar-refractivity contribution in [2.75, 3.05) is 17.2 Å². The summed E-state index contributed by atoms with van der Waals surface area (Å²) >= 11 is 0. The van der Waals surface area contributed by atoms with Crippen molar-refractivity contribution in [3.05, 3.63) is 72.3 Å². The molecule has 24 heavy (non-hydrogen) atoms. The minimum atomic E-state index is -1.87. The van der Waals surface area contributed by atoms with Gasteiger partial charge in [0.25, 0.3) is 5.91 Å². The first-order valence-electron chi connectivity index (χ1n) is 7.61. The maximum absolute atomic E-state index is 12.8. The minimum Gasteiger partial charge on any atom is -0.399 e. The van der Waals surface area contributed by atoms with E-state index >= 15 is 0 Å². The first-order chi connectivity index (χ1) is 11.5. The first kappa shape index (κ1) is 16.0. The van der Waals surface area contributed by atoms with Gasteiger partial charge < -0.3 is 15.7 Å². The topological polar surface area (TPSA) is 83.6 Å². The third-order valence-electron chi connectivity index (χ3n) is 4.18. The maximum Gasteiger partial charge on any atom is 0.264 e. The standard InChI is InChI=1S/C19H18N2O3/c1-2-10-21-16-9-4-3-8-15(16)19(24,18(21)23)12-17(22)13-6-5-7-14(20)11-13/h2-9,11,24H,1,10,12,20H2/t19-/m1/s1. The van der Waals surface area contributed by atoms with Crippen LogP contribution in [0.3, 0.4) is 0 Å². The SMILES string of the molecule is C=CCN1C(=O)[C@@](O)(CC(=O)c2cccc(N)c2)c2ccccc21. The van der Waals surface area contributed by atoms with Crippen molar-refractivity contribution in [3.63, 3.8) is 0 Å². The quantitative estimate of drug-likeness (QED) is 0.502. The molecule has 0 unspecified atom stereocenters. The maximum atomic E-state index is 12.8. The zero-order chi connectivity index (χ0) is 17.3. The van der Waals surface area contributed by atoms with Crippen LogP contribution in [-0.4, -0.2) is 23.3 Å². The Bertz CT molecular complexity index is 831. The largest absolute Gasteiger partial charge is 0.399 e. The number of nitrogen functional groups attached to an aromatic ring is 1. The van der Waals surface area contributed by atoms with Gasteiger partial charge in [0, 0.05) is 23.4 Å². The molecule has 1 aliphatic rings. The van der Waals surface area contributed by atoms with E-state index in [1.165, 1.54) is 4.90 Å². The zero-order valence-corrected chi connectivity index (χ0v) is 13.1. The van der Waals surface area contributed by atoms with Crippen molar-refractivity contribution < 1.29 is 14.7 Å². The summed E-state index contributed by atoms with van der Waals surface area (Å²) in [6, 6.07) is 13.4. The van der Waals surface area contributed by atoms with Gasteiger partial charge in [0.15, 0.2) is 11.4 Å². The molecule has 0 saturated heterocycles. The molecule has 2 aromatic carbocycles. The highest BCUT2D eigenvalue weighted by Gasteiger charge is 2.50. The Morgan fingerprint density at radius 3 is 2.71 bits per heavy atom. The molecule has 0 aliphatic carbocycles. The number of nitrogens with zero attached hydrogens (tertiary/aromatic N) is 1. The van der Waals surface area contributed by atoms with E-state index in [4.69, 9.17) is 5.73 Å².